The Morgan fingerprint density at radius 1 is 1.04 bits per heavy atom. The highest BCUT2D eigenvalue weighted by atomic mass is 16.5. The Bertz CT molecular complexity index is 731. The molecule has 2 aromatic rings. The number of furan rings is 1. The van der Waals surface area contributed by atoms with E-state index in [-0.39, 0.29) is 5.97 Å². The summed E-state index contributed by atoms with van der Waals surface area (Å²) in [5.74, 6) is 1.97. The molecule has 0 atom stereocenters. The van der Waals surface area contributed by atoms with Gasteiger partial charge in [-0.05, 0) is 30.7 Å². The molecule has 1 aliphatic rings. The van der Waals surface area contributed by atoms with E-state index in [9.17, 15) is 4.79 Å². The molecule has 1 fully saturated rings. The number of esters is 1. The SMILES string of the molecule is COC(=O)c1cc(CN2CCN(Cc3ccc(OC)cc3)CC2)oc1C. The monoisotopic (exact) mass is 358 g/mol. The molecule has 0 bridgehead atoms. The molecule has 0 amide bonds. The molecule has 0 N–H and O–H groups in total. The number of hydrogen-bond acceptors (Lipinski definition) is 6. The first-order valence-electron chi connectivity index (χ1n) is 8.84. The van der Waals surface area contributed by atoms with Crippen molar-refractivity contribution in [1.82, 2.24) is 9.80 Å². The molecule has 0 saturated carbocycles. The van der Waals surface area contributed by atoms with Gasteiger partial charge < -0.3 is 13.9 Å². The topological polar surface area (TPSA) is 55.2 Å². The van der Waals surface area contributed by atoms with Crippen molar-refractivity contribution in [3.8, 4) is 5.75 Å². The highest BCUT2D eigenvalue weighted by Gasteiger charge is 2.20. The van der Waals surface area contributed by atoms with Gasteiger partial charge in [0.05, 0.1) is 20.8 Å². The number of ether oxygens (including phenoxy) is 2. The third-order valence-corrected chi connectivity index (χ3v) is 4.78. The van der Waals surface area contributed by atoms with Crippen LogP contribution >= 0.6 is 0 Å². The Morgan fingerprint density at radius 2 is 1.65 bits per heavy atom. The van der Waals surface area contributed by atoms with E-state index in [4.69, 9.17) is 13.9 Å². The van der Waals surface area contributed by atoms with Crippen molar-refractivity contribution >= 4 is 5.97 Å². The van der Waals surface area contributed by atoms with Gasteiger partial charge in [0.25, 0.3) is 0 Å². The number of nitrogens with zero attached hydrogens (tertiary/aromatic N) is 2. The van der Waals surface area contributed by atoms with Gasteiger partial charge in [-0.15, -0.1) is 0 Å². The molecule has 3 rings (SSSR count). The summed E-state index contributed by atoms with van der Waals surface area (Å²) in [5, 5.41) is 0. The Morgan fingerprint density at radius 3 is 2.23 bits per heavy atom. The molecule has 26 heavy (non-hydrogen) atoms. The first-order valence-corrected chi connectivity index (χ1v) is 8.84. The molecule has 1 aromatic heterocycles. The molecule has 1 aliphatic heterocycles. The Balaban J connectivity index is 1.50. The molecular formula is C20H26N2O4. The fourth-order valence-corrected chi connectivity index (χ4v) is 3.25. The predicted molar refractivity (Wildman–Crippen MR) is 98.3 cm³/mol. The minimum absolute atomic E-state index is 0.346. The Labute approximate surface area is 154 Å². The number of piperazine rings is 1. The number of methoxy groups -OCH3 is 2. The van der Waals surface area contributed by atoms with Gasteiger partial charge in [-0.1, -0.05) is 12.1 Å². The van der Waals surface area contributed by atoms with Crippen LogP contribution in [0.25, 0.3) is 0 Å². The highest BCUT2D eigenvalue weighted by Crippen LogP contribution is 2.19. The maximum atomic E-state index is 11.7. The van der Waals surface area contributed by atoms with Crippen LogP contribution in [0, 0.1) is 6.92 Å². The van der Waals surface area contributed by atoms with Gasteiger partial charge in [-0.25, -0.2) is 4.79 Å². The van der Waals surface area contributed by atoms with Crippen molar-refractivity contribution in [1.29, 1.82) is 0 Å². The van der Waals surface area contributed by atoms with Gasteiger partial charge in [-0.2, -0.15) is 0 Å². The molecule has 0 radical (unpaired) electrons. The second-order valence-corrected chi connectivity index (χ2v) is 6.57. The zero-order valence-electron chi connectivity index (χ0n) is 15.7. The van der Waals surface area contributed by atoms with Crippen LogP contribution in [-0.4, -0.2) is 56.2 Å². The van der Waals surface area contributed by atoms with Crippen LogP contribution < -0.4 is 4.74 Å². The lowest BCUT2D eigenvalue weighted by Gasteiger charge is -2.34. The number of carbonyl (C=O) groups excluding carboxylic acids is 1. The molecule has 0 spiro atoms. The smallest absolute Gasteiger partial charge is 0.341 e. The standard InChI is InChI=1S/C20H26N2O4/c1-15-19(20(23)25-3)12-18(26-15)14-22-10-8-21(9-11-22)13-16-4-6-17(24-2)7-5-16/h4-7,12H,8-11,13-14H2,1-3H3. The zero-order chi connectivity index (χ0) is 18.5. The average molecular weight is 358 g/mol. The van der Waals surface area contributed by atoms with Crippen molar-refractivity contribution in [2.45, 2.75) is 20.0 Å². The first kappa shape index (κ1) is 18.5. The molecule has 1 aromatic carbocycles. The van der Waals surface area contributed by atoms with E-state index in [0.29, 0.717) is 17.9 Å². The van der Waals surface area contributed by atoms with Crippen molar-refractivity contribution < 1.29 is 18.7 Å². The summed E-state index contributed by atoms with van der Waals surface area (Å²) in [4.78, 5) is 16.5. The minimum Gasteiger partial charge on any atom is -0.497 e. The number of aryl methyl sites for hydroxylation is 1. The maximum absolute atomic E-state index is 11.7. The zero-order valence-corrected chi connectivity index (χ0v) is 15.7. The highest BCUT2D eigenvalue weighted by molar-refractivity contribution is 5.90. The lowest BCUT2D eigenvalue weighted by molar-refractivity contribution is 0.0599. The van der Waals surface area contributed by atoms with Crippen molar-refractivity contribution in [2.24, 2.45) is 0 Å². The Hall–Kier alpha value is -2.31. The van der Waals surface area contributed by atoms with Gasteiger partial charge in [0.1, 0.15) is 22.8 Å². The van der Waals surface area contributed by atoms with E-state index in [1.54, 1.807) is 20.1 Å². The fraction of sp³-hybridized carbons (Fsp3) is 0.450. The summed E-state index contributed by atoms with van der Waals surface area (Å²) >= 11 is 0. The van der Waals surface area contributed by atoms with Crippen molar-refractivity contribution in [3.05, 3.63) is 53.0 Å². The third-order valence-electron chi connectivity index (χ3n) is 4.78. The van der Waals surface area contributed by atoms with Gasteiger partial charge in [0.2, 0.25) is 0 Å². The van der Waals surface area contributed by atoms with E-state index in [2.05, 4.69) is 21.9 Å². The predicted octanol–water partition coefficient (Wildman–Crippen LogP) is 2.70. The van der Waals surface area contributed by atoms with Gasteiger partial charge in [0, 0.05) is 32.7 Å². The summed E-state index contributed by atoms with van der Waals surface area (Å²) in [7, 11) is 3.07. The summed E-state index contributed by atoms with van der Waals surface area (Å²) < 4.78 is 15.7. The van der Waals surface area contributed by atoms with Gasteiger partial charge in [0.15, 0.2) is 0 Å². The maximum Gasteiger partial charge on any atom is 0.341 e. The average Bonchev–Trinajstić information content (AvgIpc) is 3.03. The number of benzene rings is 1. The number of carbonyl (C=O) groups is 1. The van der Waals surface area contributed by atoms with Crippen molar-refractivity contribution in [3.63, 3.8) is 0 Å². The molecule has 0 aliphatic carbocycles. The van der Waals surface area contributed by atoms with Crippen LogP contribution in [0.15, 0.2) is 34.7 Å². The fourth-order valence-electron chi connectivity index (χ4n) is 3.25. The van der Waals surface area contributed by atoms with Crippen LogP contribution in [0.5, 0.6) is 5.75 Å². The first-order chi connectivity index (χ1) is 12.6. The number of hydrogen-bond donors (Lipinski definition) is 0. The van der Waals surface area contributed by atoms with Gasteiger partial charge in [-0.3, -0.25) is 9.80 Å². The van der Waals surface area contributed by atoms with Crippen molar-refractivity contribution in [2.75, 3.05) is 40.4 Å². The van der Waals surface area contributed by atoms with Crippen LogP contribution in [0.4, 0.5) is 0 Å². The molecular weight excluding hydrogens is 332 g/mol. The van der Waals surface area contributed by atoms with Crippen LogP contribution in [0.2, 0.25) is 0 Å². The largest absolute Gasteiger partial charge is 0.497 e. The van der Waals surface area contributed by atoms with Crippen LogP contribution in [0.1, 0.15) is 27.4 Å². The molecule has 6 heteroatoms. The van der Waals surface area contributed by atoms with E-state index >= 15 is 0 Å². The quantitative estimate of drug-likeness (QED) is 0.740. The lowest BCUT2D eigenvalue weighted by atomic mass is 10.2. The lowest BCUT2D eigenvalue weighted by Crippen LogP contribution is -2.45. The Kier molecular flexibility index (Phi) is 5.96. The molecule has 0 unspecified atom stereocenters. The van der Waals surface area contributed by atoms with E-state index in [1.165, 1.54) is 12.7 Å². The third kappa shape index (κ3) is 4.45. The van der Waals surface area contributed by atoms with E-state index < -0.39 is 0 Å². The van der Waals surface area contributed by atoms with Crippen LogP contribution in [-0.2, 0) is 17.8 Å². The van der Waals surface area contributed by atoms with E-state index in [0.717, 1.165) is 44.2 Å². The summed E-state index contributed by atoms with van der Waals surface area (Å²) in [6.07, 6.45) is 0. The number of rotatable bonds is 6. The van der Waals surface area contributed by atoms with E-state index in [1.807, 2.05) is 12.1 Å². The molecule has 6 nitrogen and oxygen atoms in total. The summed E-state index contributed by atoms with van der Waals surface area (Å²) in [6.45, 7) is 7.43. The normalized spacial score (nSPS) is 15.8. The van der Waals surface area contributed by atoms with Gasteiger partial charge >= 0.3 is 5.97 Å². The molecule has 140 valence electrons. The van der Waals surface area contributed by atoms with Crippen LogP contribution in [0.3, 0.4) is 0 Å². The second-order valence-electron chi connectivity index (χ2n) is 6.57. The second kappa shape index (κ2) is 8.38. The molecule has 2 heterocycles. The molecule has 1 saturated heterocycles. The summed E-state index contributed by atoms with van der Waals surface area (Å²) in [5.41, 5.74) is 1.81. The summed E-state index contributed by atoms with van der Waals surface area (Å²) in [6, 6.07) is 10.0. The minimum atomic E-state index is -0.346.